The van der Waals surface area contributed by atoms with Gasteiger partial charge in [-0.3, -0.25) is 9.59 Å². The smallest absolute Gasteiger partial charge is 0.232 e. The lowest BCUT2D eigenvalue weighted by atomic mass is 9.82. The number of morpholine rings is 1. The van der Waals surface area contributed by atoms with Crippen molar-refractivity contribution in [2.75, 3.05) is 39.4 Å². The van der Waals surface area contributed by atoms with E-state index >= 15 is 0 Å². The molecule has 0 radical (unpaired) electrons. The van der Waals surface area contributed by atoms with Crippen molar-refractivity contribution in [1.29, 1.82) is 0 Å². The van der Waals surface area contributed by atoms with E-state index in [1.165, 1.54) is 0 Å². The molecule has 1 aromatic carbocycles. The van der Waals surface area contributed by atoms with Gasteiger partial charge in [0.25, 0.3) is 0 Å². The average molecular weight is 344 g/mol. The van der Waals surface area contributed by atoms with E-state index in [0.29, 0.717) is 39.4 Å². The minimum absolute atomic E-state index is 0.0435. The largest absolute Gasteiger partial charge is 0.378 e. The number of benzene rings is 1. The summed E-state index contributed by atoms with van der Waals surface area (Å²) in [6.07, 6.45) is 1.51. The van der Waals surface area contributed by atoms with Crippen molar-refractivity contribution in [3.05, 3.63) is 35.9 Å². The number of hydrogen-bond donors (Lipinski definition) is 0. The van der Waals surface area contributed by atoms with Crippen molar-refractivity contribution in [2.24, 2.45) is 5.92 Å². The number of likely N-dealkylation sites (tertiary alicyclic amines) is 1. The minimum atomic E-state index is -0.539. The summed E-state index contributed by atoms with van der Waals surface area (Å²) in [5, 5.41) is 0. The van der Waals surface area contributed by atoms with Crippen LogP contribution in [0.5, 0.6) is 0 Å². The minimum Gasteiger partial charge on any atom is -0.378 e. The Hall–Kier alpha value is -1.88. The molecule has 0 saturated carbocycles. The number of piperidine rings is 1. The third-order valence-electron chi connectivity index (χ3n) is 5.48. The molecule has 5 nitrogen and oxygen atoms in total. The van der Waals surface area contributed by atoms with Crippen LogP contribution in [0.15, 0.2) is 30.3 Å². The number of hydrogen-bond acceptors (Lipinski definition) is 3. The molecule has 0 bridgehead atoms. The van der Waals surface area contributed by atoms with Crippen LogP contribution in [0.25, 0.3) is 0 Å². The van der Waals surface area contributed by atoms with Crippen LogP contribution < -0.4 is 0 Å². The Morgan fingerprint density at radius 2 is 1.56 bits per heavy atom. The Kier molecular flexibility index (Phi) is 5.42. The van der Waals surface area contributed by atoms with Crippen LogP contribution in [0.4, 0.5) is 0 Å². The van der Waals surface area contributed by atoms with Crippen LogP contribution in [0.1, 0.15) is 32.3 Å². The van der Waals surface area contributed by atoms with E-state index < -0.39 is 5.41 Å². The van der Waals surface area contributed by atoms with Gasteiger partial charge in [0.05, 0.1) is 18.6 Å². The average Bonchev–Trinajstić information content (AvgIpc) is 2.68. The Labute approximate surface area is 149 Å². The molecule has 2 aliphatic rings. The van der Waals surface area contributed by atoms with E-state index in [1.54, 1.807) is 0 Å². The van der Waals surface area contributed by atoms with Gasteiger partial charge in [0.15, 0.2) is 0 Å². The van der Waals surface area contributed by atoms with Crippen LogP contribution in [0.3, 0.4) is 0 Å². The van der Waals surface area contributed by atoms with Crippen molar-refractivity contribution in [2.45, 2.75) is 32.1 Å². The second-order valence-corrected chi connectivity index (χ2v) is 7.50. The summed E-state index contributed by atoms with van der Waals surface area (Å²) in [5.41, 5.74) is 0.494. The van der Waals surface area contributed by atoms with Crippen LogP contribution in [0, 0.1) is 5.92 Å². The first-order valence-corrected chi connectivity index (χ1v) is 9.21. The molecular formula is C20H28N2O3. The maximum absolute atomic E-state index is 13.0. The third-order valence-corrected chi connectivity index (χ3v) is 5.48. The van der Waals surface area contributed by atoms with E-state index in [2.05, 4.69) is 0 Å². The van der Waals surface area contributed by atoms with E-state index in [1.807, 2.05) is 54.0 Å². The number of rotatable bonds is 3. The van der Waals surface area contributed by atoms with Crippen LogP contribution in [0.2, 0.25) is 0 Å². The highest BCUT2D eigenvalue weighted by Gasteiger charge is 2.37. The molecule has 136 valence electrons. The highest BCUT2D eigenvalue weighted by molar-refractivity contribution is 5.88. The van der Waals surface area contributed by atoms with Crippen molar-refractivity contribution in [3.8, 4) is 0 Å². The molecule has 0 unspecified atom stereocenters. The molecule has 3 rings (SSSR count). The van der Waals surface area contributed by atoms with Gasteiger partial charge in [0.1, 0.15) is 0 Å². The highest BCUT2D eigenvalue weighted by Crippen LogP contribution is 2.28. The van der Waals surface area contributed by atoms with E-state index in [0.717, 1.165) is 18.4 Å². The maximum atomic E-state index is 13.0. The fraction of sp³-hybridized carbons (Fsp3) is 0.600. The molecular weight excluding hydrogens is 316 g/mol. The molecule has 1 aromatic rings. The van der Waals surface area contributed by atoms with Gasteiger partial charge in [-0.15, -0.1) is 0 Å². The molecule has 2 amide bonds. The van der Waals surface area contributed by atoms with Crippen molar-refractivity contribution in [1.82, 2.24) is 9.80 Å². The van der Waals surface area contributed by atoms with Gasteiger partial charge < -0.3 is 14.5 Å². The second-order valence-electron chi connectivity index (χ2n) is 7.50. The van der Waals surface area contributed by atoms with Crippen LogP contribution in [-0.4, -0.2) is 61.0 Å². The number of ether oxygens (including phenoxy) is 1. The summed E-state index contributed by atoms with van der Waals surface area (Å²) in [4.78, 5) is 29.5. The zero-order valence-corrected chi connectivity index (χ0v) is 15.2. The van der Waals surface area contributed by atoms with Crippen molar-refractivity contribution >= 4 is 11.8 Å². The SMILES string of the molecule is CC(C)(C(=O)N1CCC(C(=O)N2CCOCC2)CC1)c1ccccc1. The van der Waals surface area contributed by atoms with Gasteiger partial charge in [-0.1, -0.05) is 30.3 Å². The van der Waals surface area contributed by atoms with E-state index in [4.69, 9.17) is 4.74 Å². The molecule has 25 heavy (non-hydrogen) atoms. The number of carbonyl (C=O) groups excluding carboxylic acids is 2. The van der Waals surface area contributed by atoms with E-state index in [-0.39, 0.29) is 17.7 Å². The topological polar surface area (TPSA) is 49.9 Å². The first-order chi connectivity index (χ1) is 12.0. The highest BCUT2D eigenvalue weighted by atomic mass is 16.5. The Morgan fingerprint density at radius 1 is 0.960 bits per heavy atom. The van der Waals surface area contributed by atoms with Gasteiger partial charge >= 0.3 is 0 Å². The van der Waals surface area contributed by atoms with Crippen LogP contribution in [-0.2, 0) is 19.7 Å². The third kappa shape index (κ3) is 3.87. The van der Waals surface area contributed by atoms with Crippen molar-refractivity contribution in [3.63, 3.8) is 0 Å². The standard InChI is InChI=1S/C20H28N2O3/c1-20(2,17-6-4-3-5-7-17)19(24)22-10-8-16(9-11-22)18(23)21-12-14-25-15-13-21/h3-7,16H,8-15H2,1-2H3. The number of nitrogens with zero attached hydrogens (tertiary/aromatic N) is 2. The van der Waals surface area contributed by atoms with Crippen LogP contribution >= 0.6 is 0 Å². The fourth-order valence-corrected chi connectivity index (χ4v) is 3.75. The molecule has 0 atom stereocenters. The second kappa shape index (κ2) is 7.56. The lowest BCUT2D eigenvalue weighted by Crippen LogP contribution is -2.50. The molecule has 2 heterocycles. The van der Waals surface area contributed by atoms with Gasteiger partial charge in [0.2, 0.25) is 11.8 Å². The zero-order valence-electron chi connectivity index (χ0n) is 15.2. The normalized spacial score (nSPS) is 19.8. The van der Waals surface area contributed by atoms with Gasteiger partial charge in [-0.05, 0) is 32.3 Å². The molecule has 0 spiro atoms. The molecule has 2 saturated heterocycles. The van der Waals surface area contributed by atoms with Gasteiger partial charge in [-0.2, -0.15) is 0 Å². The van der Waals surface area contributed by atoms with Gasteiger partial charge in [-0.25, -0.2) is 0 Å². The summed E-state index contributed by atoms with van der Waals surface area (Å²) >= 11 is 0. The molecule has 0 N–H and O–H groups in total. The number of carbonyl (C=O) groups is 2. The fourth-order valence-electron chi connectivity index (χ4n) is 3.75. The Bertz CT molecular complexity index is 601. The lowest BCUT2D eigenvalue weighted by molar-refractivity contribution is -0.145. The summed E-state index contributed by atoms with van der Waals surface area (Å²) in [6.45, 7) is 7.94. The maximum Gasteiger partial charge on any atom is 0.232 e. The van der Waals surface area contributed by atoms with Gasteiger partial charge in [0, 0.05) is 32.1 Å². The molecule has 2 aliphatic heterocycles. The monoisotopic (exact) mass is 344 g/mol. The summed E-state index contributed by atoms with van der Waals surface area (Å²) < 4.78 is 5.32. The summed E-state index contributed by atoms with van der Waals surface area (Å²) in [6, 6.07) is 9.92. The summed E-state index contributed by atoms with van der Waals surface area (Å²) in [7, 11) is 0. The zero-order chi connectivity index (χ0) is 17.9. The molecule has 2 fully saturated rings. The predicted octanol–water partition coefficient (Wildman–Crippen LogP) is 2.06. The quantitative estimate of drug-likeness (QED) is 0.843. The first kappa shape index (κ1) is 17.9. The Morgan fingerprint density at radius 3 is 2.16 bits per heavy atom. The molecule has 0 aromatic heterocycles. The molecule has 5 heteroatoms. The summed E-state index contributed by atoms with van der Waals surface area (Å²) in [5.74, 6) is 0.427. The van der Waals surface area contributed by atoms with Crippen molar-refractivity contribution < 1.29 is 14.3 Å². The van der Waals surface area contributed by atoms with E-state index in [9.17, 15) is 9.59 Å². The first-order valence-electron chi connectivity index (χ1n) is 9.21. The Balaban J connectivity index is 1.58. The molecule has 0 aliphatic carbocycles. The lowest BCUT2D eigenvalue weighted by Gasteiger charge is -2.38. The predicted molar refractivity (Wildman–Crippen MR) is 96.2 cm³/mol. The number of amides is 2.